The van der Waals surface area contributed by atoms with Crippen molar-refractivity contribution < 1.29 is 14.3 Å². The molecule has 16 heavy (non-hydrogen) atoms. The number of halogens is 2. The minimum atomic E-state index is -1.47. The average Bonchev–Trinajstić information content (AvgIpc) is 2.21. The first kappa shape index (κ1) is 10.8. The van der Waals surface area contributed by atoms with E-state index in [1.54, 1.807) is 12.1 Å². The van der Waals surface area contributed by atoms with Crippen molar-refractivity contribution in [2.24, 2.45) is 0 Å². The third-order valence-corrected chi connectivity index (χ3v) is 2.82. The highest BCUT2D eigenvalue weighted by atomic mass is 79.9. The van der Waals surface area contributed by atoms with Gasteiger partial charge >= 0.3 is 5.97 Å². The predicted octanol–water partition coefficient (Wildman–Crippen LogP) is 2.13. The molecular formula is C10H5BrFNO3. The van der Waals surface area contributed by atoms with Crippen molar-refractivity contribution in [2.45, 2.75) is 0 Å². The summed E-state index contributed by atoms with van der Waals surface area (Å²) in [5.41, 5.74) is -1.39. The third-order valence-electron chi connectivity index (χ3n) is 2.15. The van der Waals surface area contributed by atoms with Crippen LogP contribution in [0.4, 0.5) is 4.39 Å². The second-order valence-corrected chi connectivity index (χ2v) is 3.96. The van der Waals surface area contributed by atoms with E-state index in [1.807, 2.05) is 0 Å². The number of rotatable bonds is 1. The standard InChI is InChI=1S/C10H5BrFNO3/c11-5-3-1-2-4-6(10(15)16)7(12)9(14)13-8(4)5/h1-3H,(H,13,14)(H,15,16). The monoisotopic (exact) mass is 285 g/mol. The summed E-state index contributed by atoms with van der Waals surface area (Å²) in [6.45, 7) is 0. The van der Waals surface area contributed by atoms with Gasteiger partial charge in [0.05, 0.1) is 5.52 Å². The Labute approximate surface area is 96.8 Å². The predicted molar refractivity (Wildman–Crippen MR) is 59.2 cm³/mol. The SMILES string of the molecule is O=C(O)c1c(F)c(=O)[nH]c2c(Br)cccc12. The summed E-state index contributed by atoms with van der Waals surface area (Å²) in [6, 6.07) is 4.63. The summed E-state index contributed by atoms with van der Waals surface area (Å²) in [4.78, 5) is 24.4. The second-order valence-electron chi connectivity index (χ2n) is 3.11. The maximum absolute atomic E-state index is 13.4. The number of pyridine rings is 1. The number of hydrogen-bond donors (Lipinski definition) is 2. The molecule has 0 unspecified atom stereocenters. The van der Waals surface area contributed by atoms with Crippen LogP contribution in [0.5, 0.6) is 0 Å². The van der Waals surface area contributed by atoms with E-state index in [2.05, 4.69) is 20.9 Å². The number of benzene rings is 1. The number of carbonyl (C=O) groups is 1. The van der Waals surface area contributed by atoms with Crippen molar-refractivity contribution in [3.63, 3.8) is 0 Å². The lowest BCUT2D eigenvalue weighted by Gasteiger charge is -2.04. The molecule has 2 N–H and O–H groups in total. The van der Waals surface area contributed by atoms with Crippen LogP contribution in [-0.2, 0) is 0 Å². The summed E-state index contributed by atoms with van der Waals surface area (Å²) in [6.07, 6.45) is 0. The maximum Gasteiger partial charge on any atom is 0.339 e. The van der Waals surface area contributed by atoms with Crippen molar-refractivity contribution in [3.05, 3.63) is 44.4 Å². The van der Waals surface area contributed by atoms with Crippen molar-refractivity contribution in [1.29, 1.82) is 0 Å². The Morgan fingerprint density at radius 3 is 2.75 bits per heavy atom. The number of aromatic nitrogens is 1. The number of H-pyrrole nitrogens is 1. The van der Waals surface area contributed by atoms with Crippen LogP contribution in [0.15, 0.2) is 27.5 Å². The van der Waals surface area contributed by atoms with Gasteiger partial charge in [0, 0.05) is 9.86 Å². The minimum Gasteiger partial charge on any atom is -0.478 e. The van der Waals surface area contributed by atoms with Gasteiger partial charge in [0.1, 0.15) is 5.56 Å². The fourth-order valence-electron chi connectivity index (χ4n) is 1.47. The smallest absolute Gasteiger partial charge is 0.339 e. The Hall–Kier alpha value is -1.69. The van der Waals surface area contributed by atoms with Gasteiger partial charge in [0.25, 0.3) is 5.56 Å². The normalized spacial score (nSPS) is 10.6. The Morgan fingerprint density at radius 2 is 2.12 bits per heavy atom. The van der Waals surface area contributed by atoms with E-state index in [1.165, 1.54) is 6.07 Å². The lowest BCUT2D eigenvalue weighted by molar-refractivity contribution is 0.0694. The molecule has 2 rings (SSSR count). The zero-order valence-corrected chi connectivity index (χ0v) is 9.34. The summed E-state index contributed by atoms with van der Waals surface area (Å²) < 4.78 is 13.9. The number of para-hydroxylation sites is 1. The van der Waals surface area contributed by atoms with Crippen LogP contribution in [0.1, 0.15) is 10.4 Å². The maximum atomic E-state index is 13.4. The van der Waals surface area contributed by atoms with Gasteiger partial charge in [0.2, 0.25) is 5.82 Å². The molecule has 0 atom stereocenters. The quantitative estimate of drug-likeness (QED) is 0.843. The van der Waals surface area contributed by atoms with Crippen LogP contribution in [0.2, 0.25) is 0 Å². The van der Waals surface area contributed by atoms with E-state index < -0.39 is 22.9 Å². The number of carboxylic acids is 1. The Morgan fingerprint density at radius 1 is 1.44 bits per heavy atom. The lowest BCUT2D eigenvalue weighted by atomic mass is 10.1. The molecule has 0 saturated carbocycles. The Balaban J connectivity index is 3.07. The van der Waals surface area contributed by atoms with Gasteiger partial charge in [-0.25, -0.2) is 4.79 Å². The van der Waals surface area contributed by atoms with Gasteiger partial charge in [-0.15, -0.1) is 0 Å². The Bertz CT molecular complexity index is 650. The number of nitrogens with one attached hydrogen (secondary N) is 1. The van der Waals surface area contributed by atoms with E-state index in [4.69, 9.17) is 5.11 Å². The van der Waals surface area contributed by atoms with Crippen LogP contribution in [0.3, 0.4) is 0 Å². The van der Waals surface area contributed by atoms with Crippen LogP contribution in [-0.4, -0.2) is 16.1 Å². The van der Waals surface area contributed by atoms with Crippen LogP contribution in [0, 0.1) is 5.82 Å². The van der Waals surface area contributed by atoms with Gasteiger partial charge in [-0.3, -0.25) is 4.79 Å². The van der Waals surface area contributed by atoms with Gasteiger partial charge in [-0.05, 0) is 22.0 Å². The molecular weight excluding hydrogens is 281 g/mol. The molecule has 1 aromatic heterocycles. The van der Waals surface area contributed by atoms with Crippen LogP contribution in [0.25, 0.3) is 10.9 Å². The molecule has 0 aliphatic carbocycles. The van der Waals surface area contributed by atoms with Crippen molar-refractivity contribution in [3.8, 4) is 0 Å². The van der Waals surface area contributed by atoms with E-state index >= 15 is 0 Å². The topological polar surface area (TPSA) is 70.2 Å². The van der Waals surface area contributed by atoms with E-state index in [0.29, 0.717) is 4.47 Å². The van der Waals surface area contributed by atoms with Crippen molar-refractivity contribution in [2.75, 3.05) is 0 Å². The van der Waals surface area contributed by atoms with E-state index in [0.717, 1.165) is 0 Å². The molecule has 0 fully saturated rings. The summed E-state index contributed by atoms with van der Waals surface area (Å²) in [5.74, 6) is -2.75. The molecule has 6 heteroatoms. The molecule has 4 nitrogen and oxygen atoms in total. The van der Waals surface area contributed by atoms with E-state index in [9.17, 15) is 14.0 Å². The molecule has 0 radical (unpaired) electrons. The van der Waals surface area contributed by atoms with Gasteiger partial charge in [-0.1, -0.05) is 12.1 Å². The number of aromatic carboxylic acids is 1. The van der Waals surface area contributed by atoms with Crippen LogP contribution >= 0.6 is 15.9 Å². The lowest BCUT2D eigenvalue weighted by Crippen LogP contribution is -2.17. The first-order valence-corrected chi connectivity index (χ1v) is 5.05. The third kappa shape index (κ3) is 1.51. The molecule has 0 spiro atoms. The molecule has 2 aromatic rings. The van der Waals surface area contributed by atoms with Gasteiger partial charge < -0.3 is 10.1 Å². The summed E-state index contributed by atoms with van der Waals surface area (Å²) in [5, 5.41) is 9.02. The highest BCUT2D eigenvalue weighted by Crippen LogP contribution is 2.24. The highest BCUT2D eigenvalue weighted by molar-refractivity contribution is 9.10. The first-order valence-electron chi connectivity index (χ1n) is 4.25. The van der Waals surface area contributed by atoms with Gasteiger partial charge in [0.15, 0.2) is 0 Å². The molecule has 1 aromatic carbocycles. The van der Waals surface area contributed by atoms with E-state index in [-0.39, 0.29) is 10.9 Å². The number of carboxylic acid groups (broad SMARTS) is 1. The average molecular weight is 286 g/mol. The zero-order valence-electron chi connectivity index (χ0n) is 7.75. The largest absolute Gasteiger partial charge is 0.478 e. The van der Waals surface area contributed by atoms with Crippen molar-refractivity contribution >= 4 is 32.8 Å². The molecule has 1 heterocycles. The number of fused-ring (bicyclic) bond motifs is 1. The first-order chi connectivity index (χ1) is 7.52. The molecule has 82 valence electrons. The number of hydrogen-bond acceptors (Lipinski definition) is 2. The van der Waals surface area contributed by atoms with Crippen molar-refractivity contribution in [1.82, 2.24) is 4.98 Å². The molecule has 0 amide bonds. The zero-order chi connectivity index (χ0) is 11.9. The molecule has 0 bridgehead atoms. The summed E-state index contributed by atoms with van der Waals surface area (Å²) >= 11 is 3.15. The van der Waals surface area contributed by atoms with Gasteiger partial charge in [-0.2, -0.15) is 4.39 Å². The molecule has 0 saturated heterocycles. The molecule has 0 aliphatic heterocycles. The second kappa shape index (κ2) is 3.71. The summed E-state index contributed by atoms with van der Waals surface area (Å²) in [7, 11) is 0. The Kier molecular flexibility index (Phi) is 2.51. The highest BCUT2D eigenvalue weighted by Gasteiger charge is 2.19. The molecule has 0 aliphatic rings. The minimum absolute atomic E-state index is 0.152. The van der Waals surface area contributed by atoms with Crippen LogP contribution < -0.4 is 5.56 Å². The number of aromatic amines is 1. The fourth-order valence-corrected chi connectivity index (χ4v) is 1.93. The fraction of sp³-hybridized carbons (Fsp3) is 0.